The number of aldehydes is 1. The molecule has 1 aromatic carbocycles. The van der Waals surface area contributed by atoms with Crippen molar-refractivity contribution in [2.45, 2.75) is 18.9 Å². The van der Waals surface area contributed by atoms with Crippen molar-refractivity contribution in [3.8, 4) is 5.75 Å². The van der Waals surface area contributed by atoms with Crippen LogP contribution in [0.3, 0.4) is 0 Å². The van der Waals surface area contributed by atoms with Gasteiger partial charge in [0, 0.05) is 4.47 Å². The second kappa shape index (κ2) is 5.52. The number of esters is 1. The van der Waals surface area contributed by atoms with E-state index in [-0.39, 0.29) is 18.0 Å². The lowest BCUT2D eigenvalue weighted by Crippen LogP contribution is -2.39. The van der Waals surface area contributed by atoms with E-state index in [9.17, 15) is 9.59 Å². The fraction of sp³-hybridized carbons (Fsp3) is 0.385. The smallest absolute Gasteiger partial charge is 0.308 e. The van der Waals surface area contributed by atoms with E-state index in [1.807, 2.05) is 0 Å². The second-order valence-electron chi connectivity index (χ2n) is 4.23. The zero-order valence-corrected chi connectivity index (χ0v) is 11.5. The van der Waals surface area contributed by atoms with Crippen molar-refractivity contribution in [3.63, 3.8) is 0 Å². The fourth-order valence-electron chi connectivity index (χ4n) is 1.91. The van der Waals surface area contributed by atoms with Gasteiger partial charge in [-0.15, -0.1) is 0 Å². The molecule has 4 nitrogen and oxygen atoms in total. The van der Waals surface area contributed by atoms with Gasteiger partial charge in [0.05, 0.1) is 18.6 Å². The number of ether oxygens (including phenoxy) is 2. The minimum atomic E-state index is -0.195. The summed E-state index contributed by atoms with van der Waals surface area (Å²) in [7, 11) is 1.38. The van der Waals surface area contributed by atoms with Crippen LogP contribution in [0.2, 0.25) is 0 Å². The first-order valence-electron chi connectivity index (χ1n) is 5.63. The average molecular weight is 313 g/mol. The molecule has 0 amide bonds. The average Bonchev–Trinajstić information content (AvgIpc) is 2.32. The van der Waals surface area contributed by atoms with Crippen LogP contribution in [0.15, 0.2) is 22.7 Å². The Morgan fingerprint density at radius 3 is 2.78 bits per heavy atom. The van der Waals surface area contributed by atoms with Crippen LogP contribution >= 0.6 is 15.9 Å². The van der Waals surface area contributed by atoms with E-state index >= 15 is 0 Å². The second-order valence-corrected chi connectivity index (χ2v) is 5.15. The van der Waals surface area contributed by atoms with Crippen LogP contribution in [0.25, 0.3) is 0 Å². The number of rotatable bonds is 4. The largest absolute Gasteiger partial charge is 0.490 e. The van der Waals surface area contributed by atoms with Crippen molar-refractivity contribution in [1.29, 1.82) is 0 Å². The predicted octanol–water partition coefficient (Wildman–Crippen LogP) is 2.59. The molecule has 5 heteroatoms. The number of methoxy groups -OCH3 is 1. The Labute approximate surface area is 113 Å². The predicted molar refractivity (Wildman–Crippen MR) is 68.7 cm³/mol. The van der Waals surface area contributed by atoms with Crippen LogP contribution in [0.5, 0.6) is 5.75 Å². The Balaban J connectivity index is 1.98. The van der Waals surface area contributed by atoms with Gasteiger partial charge < -0.3 is 9.47 Å². The van der Waals surface area contributed by atoms with Crippen LogP contribution in [-0.4, -0.2) is 25.5 Å². The summed E-state index contributed by atoms with van der Waals surface area (Å²) in [5.41, 5.74) is 0.514. The normalized spacial score (nSPS) is 21.9. The molecular formula is C13H13BrO4. The molecule has 2 rings (SSSR count). The molecule has 0 bridgehead atoms. The van der Waals surface area contributed by atoms with Gasteiger partial charge in [0.2, 0.25) is 0 Å². The van der Waals surface area contributed by atoms with Crippen molar-refractivity contribution >= 4 is 28.2 Å². The van der Waals surface area contributed by atoms with Gasteiger partial charge in [-0.3, -0.25) is 9.59 Å². The van der Waals surface area contributed by atoms with Gasteiger partial charge in [0.15, 0.2) is 6.29 Å². The van der Waals surface area contributed by atoms with Crippen LogP contribution in [0.4, 0.5) is 0 Å². The van der Waals surface area contributed by atoms with Crippen LogP contribution in [-0.2, 0) is 9.53 Å². The molecule has 0 radical (unpaired) electrons. The van der Waals surface area contributed by atoms with Gasteiger partial charge in [-0.1, -0.05) is 15.9 Å². The van der Waals surface area contributed by atoms with E-state index in [0.717, 1.165) is 10.8 Å². The van der Waals surface area contributed by atoms with Gasteiger partial charge in [-0.2, -0.15) is 0 Å². The molecule has 1 aromatic rings. The molecule has 0 saturated heterocycles. The molecule has 0 aliphatic heterocycles. The quantitative estimate of drug-likeness (QED) is 0.633. The van der Waals surface area contributed by atoms with Crippen molar-refractivity contribution < 1.29 is 19.1 Å². The molecule has 0 atom stereocenters. The maximum Gasteiger partial charge on any atom is 0.308 e. The van der Waals surface area contributed by atoms with Crippen molar-refractivity contribution in [3.05, 3.63) is 28.2 Å². The molecular weight excluding hydrogens is 300 g/mol. The van der Waals surface area contributed by atoms with Crippen molar-refractivity contribution in [2.75, 3.05) is 7.11 Å². The fourth-order valence-corrected chi connectivity index (χ4v) is 2.25. The zero-order valence-electron chi connectivity index (χ0n) is 9.89. The minimum Gasteiger partial charge on any atom is -0.490 e. The topological polar surface area (TPSA) is 52.6 Å². The van der Waals surface area contributed by atoms with Gasteiger partial charge >= 0.3 is 5.97 Å². The molecule has 18 heavy (non-hydrogen) atoms. The Bertz CT molecular complexity index is 466. The maximum absolute atomic E-state index is 11.2. The molecule has 1 saturated carbocycles. The minimum absolute atomic E-state index is 0.0258. The summed E-state index contributed by atoms with van der Waals surface area (Å²) in [6.07, 6.45) is 2.01. The maximum atomic E-state index is 11.2. The third kappa shape index (κ3) is 2.72. The molecule has 96 valence electrons. The third-order valence-electron chi connectivity index (χ3n) is 3.03. The van der Waals surface area contributed by atoms with Crippen molar-refractivity contribution in [2.24, 2.45) is 5.92 Å². The Morgan fingerprint density at radius 1 is 1.44 bits per heavy atom. The summed E-state index contributed by atoms with van der Waals surface area (Å²) in [6.45, 7) is 0. The summed E-state index contributed by atoms with van der Waals surface area (Å²) in [4.78, 5) is 22.1. The van der Waals surface area contributed by atoms with Crippen LogP contribution in [0, 0.1) is 5.92 Å². The molecule has 1 aliphatic rings. The Morgan fingerprint density at radius 2 is 2.17 bits per heavy atom. The van der Waals surface area contributed by atoms with Gasteiger partial charge in [0.1, 0.15) is 11.9 Å². The summed E-state index contributed by atoms with van der Waals surface area (Å²) in [5, 5.41) is 0. The van der Waals surface area contributed by atoms with Crippen molar-refractivity contribution in [1.82, 2.24) is 0 Å². The summed E-state index contributed by atoms with van der Waals surface area (Å²) < 4.78 is 11.2. The molecule has 0 unspecified atom stereocenters. The number of carbonyl (C=O) groups is 2. The molecule has 0 spiro atoms. The Hall–Kier alpha value is -1.36. The number of hydrogen-bond donors (Lipinski definition) is 0. The number of halogens is 1. The molecule has 1 aliphatic carbocycles. The first kappa shape index (κ1) is 13.1. The molecule has 0 N–H and O–H groups in total. The van der Waals surface area contributed by atoms with Gasteiger partial charge in [-0.05, 0) is 31.0 Å². The van der Waals surface area contributed by atoms with Crippen LogP contribution in [0.1, 0.15) is 23.2 Å². The molecule has 0 aromatic heterocycles. The highest BCUT2D eigenvalue weighted by atomic mass is 79.9. The van der Waals surface area contributed by atoms with E-state index in [1.165, 1.54) is 7.11 Å². The Kier molecular flexibility index (Phi) is 4.01. The first-order chi connectivity index (χ1) is 8.63. The standard InChI is InChI=1S/C13H13BrO4/c1-17-13(16)9-4-11(5-9)18-12-6-10(14)3-2-8(12)7-15/h2-3,6-7,9,11H,4-5H2,1H3. The monoisotopic (exact) mass is 312 g/mol. The summed E-state index contributed by atoms with van der Waals surface area (Å²) in [5.74, 6) is 0.277. The highest BCUT2D eigenvalue weighted by molar-refractivity contribution is 9.10. The summed E-state index contributed by atoms with van der Waals surface area (Å²) >= 11 is 3.33. The molecule has 0 heterocycles. The van der Waals surface area contributed by atoms with E-state index < -0.39 is 0 Å². The van der Waals surface area contributed by atoms with E-state index in [2.05, 4.69) is 20.7 Å². The number of hydrogen-bond acceptors (Lipinski definition) is 4. The van der Waals surface area contributed by atoms with E-state index in [1.54, 1.807) is 18.2 Å². The van der Waals surface area contributed by atoms with Gasteiger partial charge in [-0.25, -0.2) is 0 Å². The third-order valence-corrected chi connectivity index (χ3v) is 3.52. The lowest BCUT2D eigenvalue weighted by atomic mass is 9.82. The summed E-state index contributed by atoms with van der Waals surface area (Å²) in [6, 6.07) is 5.24. The zero-order chi connectivity index (χ0) is 13.1. The highest BCUT2D eigenvalue weighted by Gasteiger charge is 2.37. The van der Waals surface area contributed by atoms with Crippen LogP contribution < -0.4 is 4.74 Å². The number of benzene rings is 1. The highest BCUT2D eigenvalue weighted by Crippen LogP contribution is 2.34. The van der Waals surface area contributed by atoms with E-state index in [4.69, 9.17) is 4.74 Å². The first-order valence-corrected chi connectivity index (χ1v) is 6.42. The lowest BCUT2D eigenvalue weighted by Gasteiger charge is -2.33. The lowest BCUT2D eigenvalue weighted by molar-refractivity contribution is -0.151. The van der Waals surface area contributed by atoms with E-state index in [0.29, 0.717) is 24.2 Å². The molecule has 1 fully saturated rings. The van der Waals surface area contributed by atoms with Gasteiger partial charge in [0.25, 0.3) is 0 Å². The SMILES string of the molecule is COC(=O)C1CC(Oc2cc(Br)ccc2C=O)C1. The number of carbonyl (C=O) groups excluding carboxylic acids is 2.